The largest absolute Gasteiger partial charge is 0.495 e. The van der Waals surface area contributed by atoms with Gasteiger partial charge in [0.05, 0.1) is 12.8 Å². The van der Waals surface area contributed by atoms with Gasteiger partial charge >= 0.3 is 0 Å². The van der Waals surface area contributed by atoms with Gasteiger partial charge in [-0.1, -0.05) is 0 Å². The number of sulfonamides is 1. The van der Waals surface area contributed by atoms with E-state index in [2.05, 4.69) is 25.6 Å². The fourth-order valence-corrected chi connectivity index (χ4v) is 3.32. The number of halogens is 1. The van der Waals surface area contributed by atoms with Crippen LogP contribution in [0.3, 0.4) is 0 Å². The lowest BCUT2D eigenvalue weighted by Gasteiger charge is -2.12. The Balaban J connectivity index is 2.46. The summed E-state index contributed by atoms with van der Waals surface area (Å²) in [4.78, 5) is 3.92. The Bertz CT molecular complexity index is 734. The quantitative estimate of drug-likeness (QED) is 0.646. The molecular weight excluding hydrogens is 346 g/mol. The Morgan fingerprint density at radius 2 is 2.10 bits per heavy atom. The zero-order chi connectivity index (χ0) is 14.8. The fraction of sp³-hybridized carbons (Fsp3) is 0.0833. The van der Waals surface area contributed by atoms with Gasteiger partial charge in [0.15, 0.2) is 0 Å². The van der Waals surface area contributed by atoms with Crippen LogP contribution in [0.5, 0.6) is 5.75 Å². The molecule has 1 aromatic carbocycles. The maximum atomic E-state index is 12.4. The van der Waals surface area contributed by atoms with Gasteiger partial charge in [0.25, 0.3) is 10.0 Å². The van der Waals surface area contributed by atoms with Crippen molar-refractivity contribution in [2.45, 2.75) is 4.90 Å². The number of hydrogen-bond acceptors (Lipinski definition) is 5. The molecule has 0 saturated heterocycles. The second kappa shape index (κ2) is 5.68. The predicted molar refractivity (Wildman–Crippen MR) is 80.2 cm³/mol. The molecule has 2 rings (SSSR count). The van der Waals surface area contributed by atoms with Gasteiger partial charge < -0.3 is 10.5 Å². The maximum Gasteiger partial charge on any atom is 0.265 e. The van der Waals surface area contributed by atoms with Crippen molar-refractivity contribution in [2.24, 2.45) is 0 Å². The number of rotatable bonds is 4. The Morgan fingerprint density at radius 1 is 1.35 bits per heavy atom. The SMILES string of the molecule is COc1ccc(N)cc1S(=O)(=O)Nc1cccnc1Br. The van der Waals surface area contributed by atoms with E-state index in [1.165, 1.54) is 19.2 Å². The highest BCUT2D eigenvalue weighted by Crippen LogP contribution is 2.29. The van der Waals surface area contributed by atoms with Crippen molar-refractivity contribution < 1.29 is 13.2 Å². The van der Waals surface area contributed by atoms with Gasteiger partial charge in [0, 0.05) is 11.9 Å². The molecule has 8 heteroatoms. The number of nitrogens with one attached hydrogen (secondary N) is 1. The van der Waals surface area contributed by atoms with E-state index in [0.29, 0.717) is 16.0 Å². The Labute approximate surface area is 125 Å². The predicted octanol–water partition coefficient (Wildman–Crippen LogP) is 2.24. The van der Waals surface area contributed by atoms with Gasteiger partial charge in [0.2, 0.25) is 0 Å². The number of benzene rings is 1. The van der Waals surface area contributed by atoms with Crippen molar-refractivity contribution in [3.8, 4) is 5.75 Å². The standard InChI is InChI=1S/C12H12BrN3O3S/c1-19-10-5-4-8(14)7-11(10)20(17,18)16-9-3-2-6-15-12(9)13/h2-7,16H,14H2,1H3. The topological polar surface area (TPSA) is 94.3 Å². The third kappa shape index (κ3) is 3.02. The van der Waals surface area contributed by atoms with Crippen LogP contribution in [0.15, 0.2) is 46.0 Å². The van der Waals surface area contributed by atoms with Crippen molar-refractivity contribution in [3.05, 3.63) is 41.1 Å². The highest BCUT2D eigenvalue weighted by molar-refractivity contribution is 9.10. The summed E-state index contributed by atoms with van der Waals surface area (Å²) in [7, 11) is -2.43. The van der Waals surface area contributed by atoms with Crippen molar-refractivity contribution in [1.82, 2.24) is 4.98 Å². The van der Waals surface area contributed by atoms with Crippen LogP contribution in [0.25, 0.3) is 0 Å². The molecule has 20 heavy (non-hydrogen) atoms. The minimum atomic E-state index is -3.83. The van der Waals surface area contributed by atoms with E-state index in [0.717, 1.165) is 0 Å². The number of pyridine rings is 1. The fourth-order valence-electron chi connectivity index (χ4n) is 1.57. The first kappa shape index (κ1) is 14.6. The molecule has 0 aliphatic rings. The molecular formula is C12H12BrN3O3S. The molecule has 1 heterocycles. The number of ether oxygens (including phenoxy) is 1. The van der Waals surface area contributed by atoms with E-state index in [1.54, 1.807) is 24.4 Å². The van der Waals surface area contributed by atoms with Crippen molar-refractivity contribution >= 4 is 37.3 Å². The molecule has 0 spiro atoms. The van der Waals surface area contributed by atoms with Gasteiger partial charge in [-0.2, -0.15) is 0 Å². The van der Waals surface area contributed by atoms with Crippen molar-refractivity contribution in [1.29, 1.82) is 0 Å². The Morgan fingerprint density at radius 3 is 2.75 bits per heavy atom. The van der Waals surface area contributed by atoms with Gasteiger partial charge in [-0.3, -0.25) is 4.72 Å². The summed E-state index contributed by atoms with van der Waals surface area (Å²) in [6.07, 6.45) is 1.54. The van der Waals surface area contributed by atoms with Gasteiger partial charge in [-0.15, -0.1) is 0 Å². The number of nitrogens with zero attached hydrogens (tertiary/aromatic N) is 1. The lowest BCUT2D eigenvalue weighted by molar-refractivity contribution is 0.403. The molecule has 0 fully saturated rings. The van der Waals surface area contributed by atoms with Crippen LogP contribution in [0.4, 0.5) is 11.4 Å². The summed E-state index contributed by atoms with van der Waals surface area (Å²) in [5.74, 6) is 0.215. The molecule has 0 unspecified atom stereocenters. The monoisotopic (exact) mass is 357 g/mol. The summed E-state index contributed by atoms with van der Waals surface area (Å²) in [6, 6.07) is 7.62. The highest BCUT2D eigenvalue weighted by Gasteiger charge is 2.21. The summed E-state index contributed by atoms with van der Waals surface area (Å²) >= 11 is 3.18. The van der Waals surface area contributed by atoms with E-state index in [-0.39, 0.29) is 10.6 Å². The zero-order valence-electron chi connectivity index (χ0n) is 10.5. The van der Waals surface area contributed by atoms with Crippen LogP contribution in [0.1, 0.15) is 0 Å². The van der Waals surface area contributed by atoms with Gasteiger partial charge in [0.1, 0.15) is 15.2 Å². The average molecular weight is 358 g/mol. The van der Waals surface area contributed by atoms with Gasteiger partial charge in [-0.05, 0) is 46.3 Å². The lowest BCUT2D eigenvalue weighted by Crippen LogP contribution is -2.15. The first-order valence-electron chi connectivity index (χ1n) is 5.51. The number of methoxy groups -OCH3 is 1. The summed E-state index contributed by atoms with van der Waals surface area (Å²) in [5.41, 5.74) is 6.29. The first-order valence-corrected chi connectivity index (χ1v) is 7.78. The lowest BCUT2D eigenvalue weighted by atomic mass is 10.3. The molecule has 0 aliphatic carbocycles. The van der Waals surface area contributed by atoms with E-state index in [1.807, 2.05) is 0 Å². The normalized spacial score (nSPS) is 11.1. The molecule has 0 saturated carbocycles. The van der Waals surface area contributed by atoms with Crippen LogP contribution in [0.2, 0.25) is 0 Å². The highest BCUT2D eigenvalue weighted by atomic mass is 79.9. The molecule has 2 aromatic rings. The number of nitrogen functional groups attached to an aromatic ring is 1. The van der Waals surface area contributed by atoms with Crippen LogP contribution < -0.4 is 15.2 Å². The molecule has 0 radical (unpaired) electrons. The second-order valence-corrected chi connectivity index (χ2v) is 6.26. The molecule has 0 bridgehead atoms. The summed E-state index contributed by atoms with van der Waals surface area (Å²) in [5, 5.41) is 0. The first-order chi connectivity index (χ1) is 9.44. The number of aromatic nitrogens is 1. The molecule has 0 amide bonds. The molecule has 0 aliphatic heterocycles. The van der Waals surface area contributed by atoms with E-state index in [4.69, 9.17) is 10.5 Å². The van der Waals surface area contributed by atoms with Crippen LogP contribution >= 0.6 is 15.9 Å². The van der Waals surface area contributed by atoms with Crippen LogP contribution in [-0.2, 0) is 10.0 Å². The second-order valence-electron chi connectivity index (χ2n) is 3.86. The minimum absolute atomic E-state index is 0.0317. The van der Waals surface area contributed by atoms with E-state index in [9.17, 15) is 8.42 Å². The minimum Gasteiger partial charge on any atom is -0.495 e. The van der Waals surface area contributed by atoms with Crippen LogP contribution in [-0.4, -0.2) is 20.5 Å². The van der Waals surface area contributed by atoms with Crippen molar-refractivity contribution in [3.63, 3.8) is 0 Å². The molecule has 3 N–H and O–H groups in total. The maximum absolute atomic E-state index is 12.4. The zero-order valence-corrected chi connectivity index (χ0v) is 12.9. The van der Waals surface area contributed by atoms with Crippen LogP contribution in [0, 0.1) is 0 Å². The summed E-state index contributed by atoms with van der Waals surface area (Å²) < 4.78 is 32.7. The molecule has 6 nitrogen and oxygen atoms in total. The molecule has 106 valence electrons. The smallest absolute Gasteiger partial charge is 0.265 e. The third-order valence-corrected chi connectivity index (χ3v) is 4.50. The number of anilines is 2. The van der Waals surface area contributed by atoms with Gasteiger partial charge in [-0.25, -0.2) is 13.4 Å². The number of nitrogens with two attached hydrogens (primary N) is 1. The number of hydrogen-bond donors (Lipinski definition) is 2. The molecule has 0 atom stereocenters. The Kier molecular flexibility index (Phi) is 4.15. The van der Waals surface area contributed by atoms with E-state index < -0.39 is 10.0 Å². The average Bonchev–Trinajstić information content (AvgIpc) is 2.41. The molecule has 1 aromatic heterocycles. The van der Waals surface area contributed by atoms with E-state index >= 15 is 0 Å². The third-order valence-electron chi connectivity index (χ3n) is 2.48. The summed E-state index contributed by atoms with van der Waals surface area (Å²) in [6.45, 7) is 0. The Hall–Kier alpha value is -1.80. The van der Waals surface area contributed by atoms with Crippen molar-refractivity contribution in [2.75, 3.05) is 17.6 Å².